The molecule has 7 nitrogen and oxygen atoms in total. The van der Waals surface area contributed by atoms with Crippen molar-refractivity contribution in [2.24, 2.45) is 0 Å². The number of carboxylic acid groups (broad SMARTS) is 1. The van der Waals surface area contributed by atoms with Crippen LogP contribution in [-0.4, -0.2) is 52.7 Å². The minimum Gasteiger partial charge on any atom is -0.481 e. The molecule has 0 spiro atoms. The fraction of sp³-hybridized carbons (Fsp3) is 0.571. The predicted molar refractivity (Wildman–Crippen MR) is 105 cm³/mol. The fourth-order valence-corrected chi connectivity index (χ4v) is 5.02. The van der Waals surface area contributed by atoms with Gasteiger partial charge >= 0.3 is 17.9 Å². The number of hydrogen-bond acceptors (Lipinski definition) is 5. The van der Waals surface area contributed by atoms with E-state index >= 15 is 0 Å². The number of rotatable bonds is 7. The number of aliphatic carboxylic acids is 1. The first-order chi connectivity index (χ1) is 13.7. The molecule has 29 heavy (non-hydrogen) atoms. The highest BCUT2D eigenvalue weighted by molar-refractivity contribution is 6.32. The van der Waals surface area contributed by atoms with Gasteiger partial charge in [0.25, 0.3) is 0 Å². The van der Waals surface area contributed by atoms with Gasteiger partial charge in [0.05, 0.1) is 37.0 Å². The van der Waals surface area contributed by atoms with Crippen molar-refractivity contribution in [1.29, 1.82) is 0 Å². The van der Waals surface area contributed by atoms with Crippen molar-refractivity contribution in [1.82, 2.24) is 0 Å². The third kappa shape index (κ3) is 5.08. The van der Waals surface area contributed by atoms with Gasteiger partial charge in [-0.15, -0.1) is 0 Å². The third-order valence-electron chi connectivity index (χ3n) is 6.19. The van der Waals surface area contributed by atoms with Crippen molar-refractivity contribution in [3.8, 4) is 5.75 Å². The summed E-state index contributed by atoms with van der Waals surface area (Å²) in [5.74, 6) is -1.47. The molecule has 0 radical (unpaired) electrons. The minimum absolute atomic E-state index is 0.0829. The Labute approximate surface area is 175 Å². The quantitative estimate of drug-likeness (QED) is 0.410. The highest BCUT2D eigenvalue weighted by Gasteiger charge is 2.52. The maximum atomic E-state index is 11.9. The van der Waals surface area contributed by atoms with Crippen LogP contribution in [0.4, 0.5) is 0 Å². The molecule has 8 heteroatoms. The maximum Gasteiger partial charge on any atom is 0.308 e. The van der Waals surface area contributed by atoms with Crippen LogP contribution in [0.1, 0.15) is 51.0 Å². The Hall–Kier alpha value is -2.12. The lowest BCUT2D eigenvalue weighted by Crippen LogP contribution is -2.58. The van der Waals surface area contributed by atoms with Gasteiger partial charge in [-0.2, -0.15) is 0 Å². The van der Waals surface area contributed by atoms with Gasteiger partial charge in [-0.1, -0.05) is 11.6 Å². The first-order valence-electron chi connectivity index (χ1n) is 9.90. The molecule has 2 aliphatic heterocycles. The van der Waals surface area contributed by atoms with E-state index < -0.39 is 17.9 Å². The Morgan fingerprint density at radius 2 is 1.83 bits per heavy atom. The molecule has 2 heterocycles. The predicted octanol–water partition coefficient (Wildman–Crippen LogP) is 3.31. The molecule has 0 saturated carbocycles. The summed E-state index contributed by atoms with van der Waals surface area (Å²) in [5, 5.41) is 9.12. The Bertz CT molecular complexity index is 796. The average Bonchev–Trinajstić information content (AvgIpc) is 2.80. The molecular weight excluding hydrogens is 398 g/mol. The second-order valence-electron chi connectivity index (χ2n) is 8.23. The molecule has 2 atom stereocenters. The van der Waals surface area contributed by atoms with Crippen molar-refractivity contribution in [2.75, 3.05) is 7.05 Å². The molecule has 0 aliphatic carbocycles. The normalized spacial score (nSPS) is 28.0. The Balaban J connectivity index is 1.63. The van der Waals surface area contributed by atoms with Gasteiger partial charge in [0.1, 0.15) is 18.4 Å². The van der Waals surface area contributed by atoms with E-state index in [0.717, 1.165) is 42.3 Å². The van der Waals surface area contributed by atoms with Crippen molar-refractivity contribution >= 4 is 29.5 Å². The van der Waals surface area contributed by atoms with E-state index in [4.69, 9.17) is 26.2 Å². The van der Waals surface area contributed by atoms with Crippen molar-refractivity contribution < 1.29 is 33.4 Å². The first kappa shape index (κ1) is 21.6. The van der Waals surface area contributed by atoms with Crippen LogP contribution in [0.3, 0.4) is 0 Å². The number of halogens is 1. The highest BCUT2D eigenvalue weighted by atomic mass is 35.5. The van der Waals surface area contributed by atoms with E-state index in [2.05, 4.69) is 7.05 Å². The molecule has 158 valence electrons. The van der Waals surface area contributed by atoms with Crippen LogP contribution >= 0.6 is 11.6 Å². The van der Waals surface area contributed by atoms with E-state index in [9.17, 15) is 14.4 Å². The first-order valence-corrected chi connectivity index (χ1v) is 10.3. The van der Waals surface area contributed by atoms with Crippen molar-refractivity contribution in [2.45, 2.75) is 70.2 Å². The number of nitrogens with zero attached hydrogens (tertiary/aromatic N) is 1. The van der Waals surface area contributed by atoms with Crippen LogP contribution in [-0.2, 0) is 25.7 Å². The van der Waals surface area contributed by atoms with Gasteiger partial charge in [0.2, 0.25) is 0 Å². The van der Waals surface area contributed by atoms with Crippen LogP contribution in [0.2, 0.25) is 5.02 Å². The van der Waals surface area contributed by atoms with E-state index in [1.54, 1.807) is 6.07 Å². The second kappa shape index (κ2) is 8.71. The third-order valence-corrected chi connectivity index (χ3v) is 6.48. The molecule has 1 aromatic carbocycles. The number of benzene rings is 1. The van der Waals surface area contributed by atoms with E-state index in [1.165, 1.54) is 6.92 Å². The summed E-state index contributed by atoms with van der Waals surface area (Å²) in [6.07, 6.45) is 3.29. The molecule has 2 aliphatic rings. The second-order valence-corrected chi connectivity index (χ2v) is 8.63. The average molecular weight is 425 g/mol. The summed E-state index contributed by atoms with van der Waals surface area (Å²) in [7, 11) is 2.23. The number of ether oxygens (including phenoxy) is 2. The largest absolute Gasteiger partial charge is 0.481 e. The summed E-state index contributed by atoms with van der Waals surface area (Å²) >= 11 is 6.27. The van der Waals surface area contributed by atoms with Gasteiger partial charge in [0.15, 0.2) is 0 Å². The number of carbonyl (C=O) groups excluding carboxylic acids is 2. The van der Waals surface area contributed by atoms with E-state index in [0.29, 0.717) is 22.9 Å². The van der Waals surface area contributed by atoms with E-state index in [1.807, 2.05) is 12.1 Å². The molecule has 1 N–H and O–H groups in total. The minimum atomic E-state index is -0.992. The molecule has 2 unspecified atom stereocenters. The Kier molecular flexibility index (Phi) is 6.49. The number of hydrogen-bond donors (Lipinski definition) is 1. The van der Waals surface area contributed by atoms with Crippen LogP contribution in [0, 0.1) is 0 Å². The lowest BCUT2D eigenvalue weighted by molar-refractivity contribution is -0.961. The number of carbonyl (C=O) groups is 3. The van der Waals surface area contributed by atoms with Crippen molar-refractivity contribution in [3.05, 3.63) is 28.8 Å². The summed E-state index contributed by atoms with van der Waals surface area (Å²) in [6.45, 7) is 2.14. The fourth-order valence-electron chi connectivity index (χ4n) is 4.78. The zero-order valence-electron chi connectivity index (χ0n) is 16.7. The SMILES string of the molecule is CC(=O)Oc1ccc(C[N+]2(C)C3CCC2CC(OC(=O)CCC(=O)O)C3)cc1Cl. The molecule has 1 aromatic rings. The molecule has 2 fully saturated rings. The van der Waals surface area contributed by atoms with Crippen LogP contribution < -0.4 is 4.74 Å². The van der Waals surface area contributed by atoms with Gasteiger partial charge in [-0.3, -0.25) is 14.4 Å². The Morgan fingerprint density at radius 3 is 2.38 bits per heavy atom. The lowest BCUT2D eigenvalue weighted by atomic mass is 9.95. The molecule has 0 aromatic heterocycles. The standard InChI is InChI=1S/C21H26ClNO6/c1-13(24)28-19-6-3-14(9-18(19)22)12-23(2)15-4-5-16(23)11-17(10-15)29-21(27)8-7-20(25)26/h3,6,9,15-17H,4-5,7-8,10-12H2,1-2H3/p+1. The maximum absolute atomic E-state index is 11.9. The number of esters is 2. The van der Waals surface area contributed by atoms with Gasteiger partial charge in [0, 0.05) is 38.2 Å². The van der Waals surface area contributed by atoms with Crippen molar-refractivity contribution in [3.63, 3.8) is 0 Å². The van der Waals surface area contributed by atoms with Crippen LogP contribution in [0.25, 0.3) is 0 Å². The summed E-state index contributed by atoms with van der Waals surface area (Å²) in [5.41, 5.74) is 1.07. The van der Waals surface area contributed by atoms with Gasteiger partial charge in [-0.05, 0) is 18.2 Å². The zero-order chi connectivity index (χ0) is 21.2. The monoisotopic (exact) mass is 424 g/mol. The molecule has 2 saturated heterocycles. The molecular formula is C21H27ClNO6+. The summed E-state index contributed by atoms with van der Waals surface area (Å²) < 4.78 is 11.5. The topological polar surface area (TPSA) is 89.9 Å². The zero-order valence-corrected chi connectivity index (χ0v) is 17.5. The number of carboxylic acids is 1. The van der Waals surface area contributed by atoms with Gasteiger partial charge in [-0.25, -0.2) is 0 Å². The molecule has 2 bridgehead atoms. The van der Waals surface area contributed by atoms with Crippen LogP contribution in [0.5, 0.6) is 5.75 Å². The Morgan fingerprint density at radius 1 is 1.17 bits per heavy atom. The number of fused-ring (bicyclic) bond motifs is 2. The van der Waals surface area contributed by atoms with Crippen LogP contribution in [0.15, 0.2) is 18.2 Å². The summed E-state index contributed by atoms with van der Waals surface area (Å²) in [4.78, 5) is 33.7. The summed E-state index contributed by atoms with van der Waals surface area (Å²) in [6, 6.07) is 6.26. The lowest BCUT2D eigenvalue weighted by Gasteiger charge is -2.47. The number of quaternary nitrogens is 1. The number of piperidine rings is 1. The smallest absolute Gasteiger partial charge is 0.308 e. The van der Waals surface area contributed by atoms with Gasteiger partial charge < -0.3 is 19.1 Å². The molecule has 3 rings (SSSR count). The molecule has 0 amide bonds. The highest BCUT2D eigenvalue weighted by Crippen LogP contribution is 2.44. The van der Waals surface area contributed by atoms with E-state index in [-0.39, 0.29) is 18.9 Å².